The van der Waals surface area contributed by atoms with Crippen LogP contribution in [-0.4, -0.2) is 5.48 Å². The molecule has 2 rings (SSSR count). The summed E-state index contributed by atoms with van der Waals surface area (Å²) in [4.78, 5) is 0. The molecule has 0 amide bonds. The van der Waals surface area contributed by atoms with Gasteiger partial charge in [-0.2, -0.15) is 0 Å². The molecule has 0 saturated heterocycles. The molecule has 71 valence electrons. The summed E-state index contributed by atoms with van der Waals surface area (Å²) in [5.41, 5.74) is 0. The molecule has 2 aromatic rings. The van der Waals surface area contributed by atoms with Crippen LogP contribution in [-0.2, 0) is 0 Å². The highest BCUT2D eigenvalue weighted by atomic mass is 31.1. The lowest BCUT2D eigenvalue weighted by Gasteiger charge is -1.98. The van der Waals surface area contributed by atoms with Crippen molar-refractivity contribution in [2.75, 3.05) is 0 Å². The Kier molecular flexibility index (Phi) is 4.31. The molecular weight excluding hydrogens is 191 g/mol. The van der Waals surface area contributed by atoms with E-state index in [1.807, 2.05) is 12.1 Å². The van der Waals surface area contributed by atoms with E-state index in [-0.39, 0.29) is 5.48 Å². The van der Waals surface area contributed by atoms with E-state index in [4.69, 9.17) is 0 Å². The van der Waals surface area contributed by atoms with Crippen molar-refractivity contribution >= 4 is 19.2 Å². The lowest BCUT2D eigenvalue weighted by molar-refractivity contribution is 0.824. The summed E-state index contributed by atoms with van der Waals surface area (Å²) in [6.07, 6.45) is 0. The van der Waals surface area contributed by atoms with Gasteiger partial charge in [-0.3, -0.25) is 0 Å². The first-order valence-electron chi connectivity index (χ1n) is 4.27. The summed E-state index contributed by atoms with van der Waals surface area (Å²) in [5.74, 6) is 0. The Hall–Kier alpha value is -1.17. The van der Waals surface area contributed by atoms with Crippen LogP contribution in [0.3, 0.4) is 0 Å². The second kappa shape index (κ2) is 5.54. The third kappa shape index (κ3) is 2.95. The van der Waals surface area contributed by atoms with Gasteiger partial charge in [0.05, 0.1) is 0 Å². The number of rotatable bonds is 2. The van der Waals surface area contributed by atoms with Crippen LogP contribution in [0.1, 0.15) is 0 Å². The van der Waals surface area contributed by atoms with E-state index < -0.39 is 0 Å². The van der Waals surface area contributed by atoms with E-state index in [1.54, 1.807) is 0 Å². The summed E-state index contributed by atoms with van der Waals surface area (Å²) >= 11 is 0. The van der Waals surface area contributed by atoms with E-state index in [0.717, 1.165) is 0 Å². The van der Waals surface area contributed by atoms with Crippen LogP contribution in [0.4, 0.5) is 0 Å². The zero-order valence-electron chi connectivity index (χ0n) is 7.72. The predicted octanol–water partition coefficient (Wildman–Crippen LogP) is 1.76. The fourth-order valence-corrected chi connectivity index (χ4v) is 2.09. The first-order valence-corrected chi connectivity index (χ1v) is 5.16. The SMILES string of the molecule is O.c1ccc([P]c2ccccc2)cc1. The van der Waals surface area contributed by atoms with Crippen LogP contribution in [0.25, 0.3) is 0 Å². The Labute approximate surface area is 85.9 Å². The van der Waals surface area contributed by atoms with E-state index in [2.05, 4.69) is 48.5 Å². The molecule has 2 heteroatoms. The van der Waals surface area contributed by atoms with Crippen molar-refractivity contribution in [2.24, 2.45) is 0 Å². The van der Waals surface area contributed by atoms with E-state index in [0.29, 0.717) is 0 Å². The van der Waals surface area contributed by atoms with Gasteiger partial charge in [-0.1, -0.05) is 60.7 Å². The Bertz CT molecular complexity index is 321. The minimum absolute atomic E-state index is 0. The van der Waals surface area contributed by atoms with Crippen LogP contribution >= 0.6 is 8.58 Å². The Morgan fingerprint density at radius 1 is 0.571 bits per heavy atom. The van der Waals surface area contributed by atoms with Crippen molar-refractivity contribution in [3.63, 3.8) is 0 Å². The van der Waals surface area contributed by atoms with Gasteiger partial charge in [-0.05, 0) is 19.2 Å². The second-order valence-electron chi connectivity index (χ2n) is 2.78. The summed E-state index contributed by atoms with van der Waals surface area (Å²) in [5, 5.41) is 2.68. The molecule has 14 heavy (non-hydrogen) atoms. The molecule has 0 aliphatic carbocycles. The number of hydrogen-bond donors (Lipinski definition) is 0. The van der Waals surface area contributed by atoms with Gasteiger partial charge in [-0.25, -0.2) is 0 Å². The van der Waals surface area contributed by atoms with Gasteiger partial charge < -0.3 is 5.48 Å². The van der Waals surface area contributed by atoms with E-state index >= 15 is 0 Å². The normalized spacial score (nSPS) is 9.14. The first kappa shape index (κ1) is 10.9. The minimum Gasteiger partial charge on any atom is -0.412 e. The maximum Gasteiger partial charge on any atom is -0.0100 e. The summed E-state index contributed by atoms with van der Waals surface area (Å²) in [6, 6.07) is 21.0. The van der Waals surface area contributed by atoms with Crippen molar-refractivity contribution < 1.29 is 5.48 Å². The van der Waals surface area contributed by atoms with Gasteiger partial charge in [0.2, 0.25) is 0 Å². The van der Waals surface area contributed by atoms with Crippen molar-refractivity contribution in [1.82, 2.24) is 0 Å². The summed E-state index contributed by atoms with van der Waals surface area (Å²) < 4.78 is 0. The molecule has 2 aromatic carbocycles. The third-order valence-electron chi connectivity index (χ3n) is 1.77. The molecule has 0 aliphatic rings. The number of hydrogen-bond acceptors (Lipinski definition) is 0. The molecule has 0 atom stereocenters. The first-order chi connectivity index (χ1) is 6.45. The van der Waals surface area contributed by atoms with Gasteiger partial charge >= 0.3 is 0 Å². The maximum absolute atomic E-state index is 2.15. The molecule has 0 heterocycles. The van der Waals surface area contributed by atoms with Crippen LogP contribution < -0.4 is 10.6 Å². The highest BCUT2D eigenvalue weighted by molar-refractivity contribution is 7.55. The fourth-order valence-electron chi connectivity index (χ4n) is 1.15. The van der Waals surface area contributed by atoms with Crippen molar-refractivity contribution in [3.05, 3.63) is 60.7 Å². The van der Waals surface area contributed by atoms with Crippen LogP contribution in [0, 0.1) is 0 Å². The van der Waals surface area contributed by atoms with Crippen molar-refractivity contribution in [1.29, 1.82) is 0 Å². The Balaban J connectivity index is 0.000000980. The molecular formula is C12H12OP. The zero-order valence-corrected chi connectivity index (χ0v) is 8.62. The van der Waals surface area contributed by atoms with Crippen LogP contribution in [0.5, 0.6) is 0 Å². The Morgan fingerprint density at radius 2 is 0.929 bits per heavy atom. The van der Waals surface area contributed by atoms with Gasteiger partial charge in [0.15, 0.2) is 0 Å². The molecule has 0 spiro atoms. The van der Waals surface area contributed by atoms with E-state index in [1.165, 1.54) is 19.2 Å². The van der Waals surface area contributed by atoms with Crippen LogP contribution in [0.2, 0.25) is 0 Å². The van der Waals surface area contributed by atoms with Gasteiger partial charge in [0.1, 0.15) is 0 Å². The van der Waals surface area contributed by atoms with Crippen LogP contribution in [0.15, 0.2) is 60.7 Å². The summed E-state index contributed by atoms with van der Waals surface area (Å²) in [6.45, 7) is 0. The lowest BCUT2D eigenvalue weighted by atomic mass is 10.4. The quantitative estimate of drug-likeness (QED) is 0.666. The fraction of sp³-hybridized carbons (Fsp3) is 0. The summed E-state index contributed by atoms with van der Waals surface area (Å²) in [7, 11) is 1.28. The average Bonchev–Trinajstić information content (AvgIpc) is 2.21. The zero-order chi connectivity index (χ0) is 8.93. The predicted molar refractivity (Wildman–Crippen MR) is 62.7 cm³/mol. The smallest absolute Gasteiger partial charge is 0.0100 e. The molecule has 1 radical (unpaired) electrons. The molecule has 2 N–H and O–H groups in total. The lowest BCUT2D eigenvalue weighted by Crippen LogP contribution is -2.01. The average molecular weight is 203 g/mol. The standard InChI is InChI=1S/C12H10P.H2O/c1-3-7-11(8-4-1)13-12-9-5-2-6-10-12;/h1-10H;1H2. The Morgan fingerprint density at radius 3 is 1.29 bits per heavy atom. The molecule has 0 fully saturated rings. The van der Waals surface area contributed by atoms with Crippen molar-refractivity contribution in [2.45, 2.75) is 0 Å². The topological polar surface area (TPSA) is 31.5 Å². The molecule has 0 aliphatic heterocycles. The largest absolute Gasteiger partial charge is 0.412 e. The highest BCUT2D eigenvalue weighted by Crippen LogP contribution is 2.08. The van der Waals surface area contributed by atoms with E-state index in [9.17, 15) is 0 Å². The van der Waals surface area contributed by atoms with Gasteiger partial charge in [0.25, 0.3) is 0 Å². The monoisotopic (exact) mass is 203 g/mol. The molecule has 0 unspecified atom stereocenters. The molecule has 0 saturated carbocycles. The second-order valence-corrected chi connectivity index (χ2v) is 4.04. The molecule has 0 bridgehead atoms. The minimum atomic E-state index is 0. The van der Waals surface area contributed by atoms with Crippen molar-refractivity contribution in [3.8, 4) is 0 Å². The highest BCUT2D eigenvalue weighted by Gasteiger charge is 1.93. The third-order valence-corrected chi connectivity index (χ3v) is 2.88. The maximum atomic E-state index is 2.15. The molecule has 1 nitrogen and oxygen atoms in total. The van der Waals surface area contributed by atoms with Gasteiger partial charge in [0, 0.05) is 0 Å². The molecule has 0 aromatic heterocycles. The van der Waals surface area contributed by atoms with Gasteiger partial charge in [-0.15, -0.1) is 0 Å². The number of benzene rings is 2.